The van der Waals surface area contributed by atoms with Crippen LogP contribution in [0.2, 0.25) is 0 Å². The van der Waals surface area contributed by atoms with Crippen molar-refractivity contribution in [1.82, 2.24) is 13.9 Å². The summed E-state index contributed by atoms with van der Waals surface area (Å²) in [5.74, 6) is 0.474. The van der Waals surface area contributed by atoms with Gasteiger partial charge in [-0.1, -0.05) is 42.5 Å². The summed E-state index contributed by atoms with van der Waals surface area (Å²) >= 11 is 0. The number of fused-ring (bicyclic) bond motifs is 1. The summed E-state index contributed by atoms with van der Waals surface area (Å²) < 4.78 is 29.1. The molecule has 0 radical (unpaired) electrons. The van der Waals surface area contributed by atoms with Crippen molar-refractivity contribution in [2.75, 3.05) is 18.9 Å². The van der Waals surface area contributed by atoms with E-state index in [1.165, 1.54) is 8.87 Å². The molecule has 4 rings (SSSR count). The summed E-state index contributed by atoms with van der Waals surface area (Å²) in [6, 6.07) is 16.6. The Labute approximate surface area is 169 Å². The molecule has 0 saturated heterocycles. The van der Waals surface area contributed by atoms with Gasteiger partial charge >= 0.3 is 0 Å². The van der Waals surface area contributed by atoms with Gasteiger partial charge in [0.1, 0.15) is 0 Å². The van der Waals surface area contributed by atoms with Crippen LogP contribution >= 0.6 is 0 Å². The van der Waals surface area contributed by atoms with Crippen LogP contribution in [-0.2, 0) is 30.0 Å². The predicted octanol–water partition coefficient (Wildman–Crippen LogP) is 2.24. The lowest BCUT2D eigenvalue weighted by atomic mass is 10.1. The van der Waals surface area contributed by atoms with Gasteiger partial charge in [-0.05, 0) is 23.3 Å². The molecule has 0 atom stereocenters. The fourth-order valence-corrected chi connectivity index (χ4v) is 4.98. The molecule has 3 aromatic rings. The first kappa shape index (κ1) is 19.4. The SMILES string of the molecule is CNc1nc2c(c(=O)n1C)CN(S(=O)(=O)c1ccc(-c3ccccc3)cc1)CC2. The van der Waals surface area contributed by atoms with Gasteiger partial charge in [0, 0.05) is 33.6 Å². The molecule has 1 aliphatic rings. The topological polar surface area (TPSA) is 84.3 Å². The van der Waals surface area contributed by atoms with E-state index in [1.807, 2.05) is 30.3 Å². The molecule has 7 nitrogen and oxygen atoms in total. The van der Waals surface area contributed by atoms with Crippen LogP contribution in [-0.4, -0.2) is 35.9 Å². The monoisotopic (exact) mass is 410 g/mol. The second-order valence-electron chi connectivity index (χ2n) is 6.95. The van der Waals surface area contributed by atoms with E-state index < -0.39 is 10.0 Å². The Kier molecular flexibility index (Phi) is 4.97. The standard InChI is InChI=1S/C21H22N4O3S/c1-22-21-23-19-12-13-25(14-18(19)20(26)24(21)2)29(27,28)17-10-8-16(9-11-17)15-6-4-3-5-7-15/h3-11H,12-14H2,1-2H3,(H,22,23). The Morgan fingerprint density at radius 1 is 1.00 bits per heavy atom. The lowest BCUT2D eigenvalue weighted by Gasteiger charge is -2.28. The third kappa shape index (κ3) is 3.45. The molecule has 0 aliphatic carbocycles. The Morgan fingerprint density at radius 2 is 1.66 bits per heavy atom. The molecular formula is C21H22N4O3S. The smallest absolute Gasteiger partial charge is 0.259 e. The number of hydrogen-bond acceptors (Lipinski definition) is 5. The zero-order valence-corrected chi connectivity index (χ0v) is 17.1. The second-order valence-corrected chi connectivity index (χ2v) is 8.89. The number of anilines is 1. The van der Waals surface area contributed by atoms with Crippen molar-refractivity contribution in [2.45, 2.75) is 17.9 Å². The Bertz CT molecular complexity index is 1200. The lowest BCUT2D eigenvalue weighted by molar-refractivity contribution is 0.383. The molecule has 2 heterocycles. The van der Waals surface area contributed by atoms with Gasteiger partial charge in [0.2, 0.25) is 16.0 Å². The van der Waals surface area contributed by atoms with Crippen molar-refractivity contribution in [3.05, 3.63) is 76.2 Å². The number of aromatic nitrogens is 2. The maximum absolute atomic E-state index is 13.1. The van der Waals surface area contributed by atoms with E-state index >= 15 is 0 Å². The van der Waals surface area contributed by atoms with Crippen molar-refractivity contribution in [3.8, 4) is 11.1 Å². The average Bonchev–Trinajstić information content (AvgIpc) is 2.76. The summed E-state index contributed by atoms with van der Waals surface area (Å²) in [6.07, 6.45) is 0.404. The van der Waals surface area contributed by atoms with Crippen LogP contribution in [0, 0.1) is 0 Å². The van der Waals surface area contributed by atoms with Crippen LogP contribution in [0.1, 0.15) is 11.3 Å². The molecule has 0 saturated carbocycles. The highest BCUT2D eigenvalue weighted by Gasteiger charge is 2.31. The van der Waals surface area contributed by atoms with Crippen molar-refractivity contribution < 1.29 is 8.42 Å². The fourth-order valence-electron chi connectivity index (χ4n) is 3.57. The highest BCUT2D eigenvalue weighted by Crippen LogP contribution is 2.26. The largest absolute Gasteiger partial charge is 0.359 e. The molecule has 1 aromatic heterocycles. The Balaban J connectivity index is 1.64. The van der Waals surface area contributed by atoms with E-state index in [4.69, 9.17) is 0 Å². The van der Waals surface area contributed by atoms with E-state index in [2.05, 4.69) is 10.3 Å². The number of nitrogens with zero attached hydrogens (tertiary/aromatic N) is 3. The minimum atomic E-state index is -3.71. The van der Waals surface area contributed by atoms with Crippen LogP contribution in [0.4, 0.5) is 5.95 Å². The zero-order chi connectivity index (χ0) is 20.6. The molecule has 1 N–H and O–H groups in total. The van der Waals surface area contributed by atoms with Crippen LogP contribution in [0.25, 0.3) is 11.1 Å². The molecule has 2 aromatic carbocycles. The molecule has 29 heavy (non-hydrogen) atoms. The minimum Gasteiger partial charge on any atom is -0.359 e. The van der Waals surface area contributed by atoms with E-state index in [1.54, 1.807) is 38.4 Å². The second kappa shape index (κ2) is 7.46. The van der Waals surface area contributed by atoms with Crippen LogP contribution in [0.3, 0.4) is 0 Å². The fraction of sp³-hybridized carbons (Fsp3) is 0.238. The van der Waals surface area contributed by atoms with Crippen molar-refractivity contribution in [3.63, 3.8) is 0 Å². The first-order valence-corrected chi connectivity index (χ1v) is 10.8. The van der Waals surface area contributed by atoms with E-state index in [9.17, 15) is 13.2 Å². The summed E-state index contributed by atoms with van der Waals surface area (Å²) in [5, 5.41) is 2.89. The van der Waals surface area contributed by atoms with E-state index in [-0.39, 0.29) is 17.0 Å². The summed E-state index contributed by atoms with van der Waals surface area (Å²) in [7, 11) is -0.384. The highest BCUT2D eigenvalue weighted by atomic mass is 32.2. The Morgan fingerprint density at radius 3 is 2.31 bits per heavy atom. The van der Waals surface area contributed by atoms with E-state index in [0.717, 1.165) is 11.1 Å². The normalized spacial score (nSPS) is 14.4. The summed E-state index contributed by atoms with van der Waals surface area (Å²) in [4.78, 5) is 17.3. The molecular weight excluding hydrogens is 388 g/mol. The number of benzene rings is 2. The zero-order valence-electron chi connectivity index (χ0n) is 16.3. The van der Waals surface area contributed by atoms with Crippen LogP contribution in [0.5, 0.6) is 0 Å². The van der Waals surface area contributed by atoms with Gasteiger partial charge in [-0.25, -0.2) is 13.4 Å². The molecule has 0 amide bonds. The van der Waals surface area contributed by atoms with Gasteiger partial charge in [0.05, 0.1) is 16.2 Å². The summed E-state index contributed by atoms with van der Waals surface area (Å²) in [6.45, 7) is 0.320. The van der Waals surface area contributed by atoms with Gasteiger partial charge in [-0.15, -0.1) is 0 Å². The molecule has 0 unspecified atom stereocenters. The van der Waals surface area contributed by atoms with Crippen molar-refractivity contribution in [1.29, 1.82) is 0 Å². The van der Waals surface area contributed by atoms with Crippen LogP contribution in [0.15, 0.2) is 64.3 Å². The first-order valence-electron chi connectivity index (χ1n) is 9.34. The molecule has 1 aliphatic heterocycles. The van der Waals surface area contributed by atoms with Crippen LogP contribution < -0.4 is 10.9 Å². The number of sulfonamides is 1. The molecule has 150 valence electrons. The Hall–Kier alpha value is -2.97. The molecule has 0 spiro atoms. The molecule has 0 bridgehead atoms. The van der Waals surface area contributed by atoms with Gasteiger partial charge < -0.3 is 5.32 Å². The maximum Gasteiger partial charge on any atom is 0.259 e. The molecule has 8 heteroatoms. The quantitative estimate of drug-likeness (QED) is 0.713. The molecule has 0 fully saturated rings. The first-order chi connectivity index (χ1) is 13.9. The van der Waals surface area contributed by atoms with E-state index in [0.29, 0.717) is 30.2 Å². The maximum atomic E-state index is 13.1. The van der Waals surface area contributed by atoms with Gasteiger partial charge in [-0.2, -0.15) is 4.31 Å². The van der Waals surface area contributed by atoms with Gasteiger partial charge in [0.15, 0.2) is 0 Å². The van der Waals surface area contributed by atoms with Crippen molar-refractivity contribution in [2.24, 2.45) is 7.05 Å². The van der Waals surface area contributed by atoms with Gasteiger partial charge in [-0.3, -0.25) is 9.36 Å². The van der Waals surface area contributed by atoms with Crippen molar-refractivity contribution >= 4 is 16.0 Å². The third-order valence-corrected chi connectivity index (χ3v) is 7.08. The lowest BCUT2D eigenvalue weighted by Crippen LogP contribution is -2.41. The number of hydrogen-bond donors (Lipinski definition) is 1. The minimum absolute atomic E-state index is 0.0295. The third-order valence-electron chi connectivity index (χ3n) is 5.23. The number of nitrogens with one attached hydrogen (secondary N) is 1. The highest BCUT2D eigenvalue weighted by molar-refractivity contribution is 7.89. The average molecular weight is 410 g/mol. The number of rotatable bonds is 4. The van der Waals surface area contributed by atoms with Gasteiger partial charge in [0.25, 0.3) is 5.56 Å². The predicted molar refractivity (Wildman–Crippen MR) is 112 cm³/mol. The summed E-state index contributed by atoms with van der Waals surface area (Å²) in [5.41, 5.74) is 2.84.